The van der Waals surface area contributed by atoms with E-state index < -0.39 is 11.6 Å². The molecule has 1 aromatic carbocycles. The standard InChI is InChI=1S/C16H23F2NO/c1-3-20-16-8-12(9-16)7-15(19-2)6-11-4-13(17)10-14(18)5-11/h4-5,10,12,15-16,19H,3,6-9H2,1-2H3. The van der Waals surface area contributed by atoms with E-state index in [4.69, 9.17) is 4.74 Å². The predicted octanol–water partition coefficient (Wildman–Crippen LogP) is 3.30. The molecule has 1 fully saturated rings. The van der Waals surface area contributed by atoms with Gasteiger partial charge in [0.1, 0.15) is 11.6 Å². The maximum atomic E-state index is 13.2. The summed E-state index contributed by atoms with van der Waals surface area (Å²) in [5.41, 5.74) is 0.711. The van der Waals surface area contributed by atoms with Crippen molar-refractivity contribution < 1.29 is 13.5 Å². The van der Waals surface area contributed by atoms with Gasteiger partial charge in [-0.1, -0.05) is 0 Å². The lowest BCUT2D eigenvalue weighted by atomic mass is 9.77. The van der Waals surface area contributed by atoms with Crippen LogP contribution >= 0.6 is 0 Å². The molecule has 1 atom stereocenters. The summed E-state index contributed by atoms with van der Waals surface area (Å²) < 4.78 is 31.9. The second kappa shape index (κ2) is 7.14. The van der Waals surface area contributed by atoms with Gasteiger partial charge in [0, 0.05) is 18.7 Å². The molecule has 1 saturated carbocycles. The molecule has 0 spiro atoms. The van der Waals surface area contributed by atoms with E-state index in [1.807, 2.05) is 14.0 Å². The van der Waals surface area contributed by atoms with Gasteiger partial charge in [0.15, 0.2) is 0 Å². The van der Waals surface area contributed by atoms with Gasteiger partial charge in [0.05, 0.1) is 6.10 Å². The molecule has 1 aliphatic rings. The van der Waals surface area contributed by atoms with Gasteiger partial charge in [-0.25, -0.2) is 8.78 Å². The maximum absolute atomic E-state index is 13.2. The lowest BCUT2D eigenvalue weighted by Gasteiger charge is -2.37. The zero-order valence-electron chi connectivity index (χ0n) is 12.2. The van der Waals surface area contributed by atoms with Gasteiger partial charge in [-0.2, -0.15) is 0 Å². The Bertz CT molecular complexity index is 412. The molecule has 0 aliphatic heterocycles. The summed E-state index contributed by atoms with van der Waals surface area (Å²) in [6.45, 7) is 2.79. The van der Waals surface area contributed by atoms with Crippen LogP contribution in [-0.4, -0.2) is 25.8 Å². The summed E-state index contributed by atoms with van der Waals surface area (Å²) in [5.74, 6) is -0.354. The van der Waals surface area contributed by atoms with Crippen molar-refractivity contribution >= 4 is 0 Å². The van der Waals surface area contributed by atoms with Gasteiger partial charge < -0.3 is 10.1 Å². The summed E-state index contributed by atoms with van der Waals surface area (Å²) >= 11 is 0. The van der Waals surface area contributed by atoms with Crippen LogP contribution in [0.2, 0.25) is 0 Å². The van der Waals surface area contributed by atoms with Crippen LogP contribution in [0.3, 0.4) is 0 Å². The smallest absolute Gasteiger partial charge is 0.126 e. The zero-order valence-corrected chi connectivity index (χ0v) is 12.2. The Kier molecular flexibility index (Phi) is 5.49. The van der Waals surface area contributed by atoms with Crippen molar-refractivity contribution in [1.29, 1.82) is 0 Å². The van der Waals surface area contributed by atoms with Crippen molar-refractivity contribution in [3.8, 4) is 0 Å². The molecule has 0 radical (unpaired) electrons. The molecule has 4 heteroatoms. The Morgan fingerprint density at radius 2 is 1.90 bits per heavy atom. The van der Waals surface area contributed by atoms with Crippen LogP contribution in [0.4, 0.5) is 8.78 Å². The minimum atomic E-state index is -0.505. The summed E-state index contributed by atoms with van der Waals surface area (Å²) in [7, 11) is 1.90. The Morgan fingerprint density at radius 3 is 2.45 bits per heavy atom. The van der Waals surface area contributed by atoms with Crippen molar-refractivity contribution in [2.45, 2.75) is 44.8 Å². The van der Waals surface area contributed by atoms with E-state index in [0.717, 1.165) is 31.9 Å². The van der Waals surface area contributed by atoms with E-state index in [1.54, 1.807) is 0 Å². The summed E-state index contributed by atoms with van der Waals surface area (Å²) in [6, 6.07) is 3.99. The molecule has 1 unspecified atom stereocenters. The van der Waals surface area contributed by atoms with Crippen LogP contribution in [0.15, 0.2) is 18.2 Å². The first-order valence-electron chi connectivity index (χ1n) is 7.34. The number of hydrogen-bond acceptors (Lipinski definition) is 2. The Morgan fingerprint density at radius 1 is 1.25 bits per heavy atom. The number of likely N-dealkylation sites (N-methyl/N-ethyl adjacent to an activating group) is 1. The fraction of sp³-hybridized carbons (Fsp3) is 0.625. The number of nitrogens with one attached hydrogen (secondary N) is 1. The van der Waals surface area contributed by atoms with Crippen LogP contribution < -0.4 is 5.32 Å². The Labute approximate surface area is 119 Å². The Balaban J connectivity index is 1.83. The van der Waals surface area contributed by atoms with Gasteiger partial charge in [0.25, 0.3) is 0 Å². The molecule has 2 nitrogen and oxygen atoms in total. The molecule has 0 bridgehead atoms. The number of hydrogen-bond donors (Lipinski definition) is 1. The number of ether oxygens (including phenoxy) is 1. The quantitative estimate of drug-likeness (QED) is 0.829. The SMILES string of the molecule is CCOC1CC(CC(Cc2cc(F)cc(F)c2)NC)C1. The van der Waals surface area contributed by atoms with E-state index in [-0.39, 0.29) is 6.04 Å². The van der Waals surface area contributed by atoms with Crippen molar-refractivity contribution in [3.63, 3.8) is 0 Å². The highest BCUT2D eigenvalue weighted by molar-refractivity contribution is 5.19. The first-order chi connectivity index (χ1) is 9.60. The second-order valence-corrected chi connectivity index (χ2v) is 5.62. The monoisotopic (exact) mass is 283 g/mol. The van der Waals surface area contributed by atoms with Gasteiger partial charge in [-0.15, -0.1) is 0 Å². The average molecular weight is 283 g/mol. The third-order valence-corrected chi connectivity index (χ3v) is 4.03. The second-order valence-electron chi connectivity index (χ2n) is 5.62. The summed E-state index contributed by atoms with van der Waals surface area (Å²) in [6.07, 6.45) is 4.29. The number of benzene rings is 1. The lowest BCUT2D eigenvalue weighted by molar-refractivity contribution is -0.0288. The third-order valence-electron chi connectivity index (χ3n) is 4.03. The molecular formula is C16H23F2NO. The molecule has 1 aromatic rings. The molecule has 20 heavy (non-hydrogen) atoms. The highest BCUT2D eigenvalue weighted by atomic mass is 19.1. The maximum Gasteiger partial charge on any atom is 0.126 e. The molecule has 1 aliphatic carbocycles. The third kappa shape index (κ3) is 4.25. The van der Waals surface area contributed by atoms with Crippen LogP contribution in [0.1, 0.15) is 31.7 Å². The Hall–Kier alpha value is -1.00. The summed E-state index contributed by atoms with van der Waals surface area (Å²) in [4.78, 5) is 0. The highest BCUT2D eigenvalue weighted by Crippen LogP contribution is 2.34. The molecule has 112 valence electrons. The molecule has 1 N–H and O–H groups in total. The lowest BCUT2D eigenvalue weighted by Crippen LogP contribution is -2.38. The normalized spacial score (nSPS) is 23.4. The molecule has 0 amide bonds. The van der Waals surface area contributed by atoms with E-state index in [2.05, 4.69) is 5.32 Å². The molecule has 0 heterocycles. The van der Waals surface area contributed by atoms with Crippen molar-refractivity contribution in [2.75, 3.05) is 13.7 Å². The first-order valence-corrected chi connectivity index (χ1v) is 7.34. The van der Waals surface area contributed by atoms with E-state index in [0.29, 0.717) is 24.0 Å². The zero-order chi connectivity index (χ0) is 14.5. The van der Waals surface area contributed by atoms with Gasteiger partial charge >= 0.3 is 0 Å². The molecule has 0 saturated heterocycles. The fourth-order valence-corrected chi connectivity index (χ4v) is 2.96. The van der Waals surface area contributed by atoms with E-state index >= 15 is 0 Å². The largest absolute Gasteiger partial charge is 0.378 e. The van der Waals surface area contributed by atoms with Crippen molar-refractivity contribution in [1.82, 2.24) is 5.32 Å². The minimum absolute atomic E-state index is 0.253. The van der Waals surface area contributed by atoms with Crippen molar-refractivity contribution in [2.24, 2.45) is 5.92 Å². The van der Waals surface area contributed by atoms with Crippen LogP contribution in [0, 0.1) is 17.6 Å². The van der Waals surface area contributed by atoms with Gasteiger partial charge in [0.2, 0.25) is 0 Å². The molecule has 0 aromatic heterocycles. The molecule has 2 rings (SSSR count). The minimum Gasteiger partial charge on any atom is -0.378 e. The topological polar surface area (TPSA) is 21.3 Å². The van der Waals surface area contributed by atoms with Crippen LogP contribution in [0.5, 0.6) is 0 Å². The van der Waals surface area contributed by atoms with E-state index in [9.17, 15) is 8.78 Å². The molecular weight excluding hydrogens is 260 g/mol. The van der Waals surface area contributed by atoms with Crippen LogP contribution in [-0.2, 0) is 11.2 Å². The van der Waals surface area contributed by atoms with Crippen LogP contribution in [0.25, 0.3) is 0 Å². The number of rotatable bonds is 7. The van der Waals surface area contributed by atoms with Crippen molar-refractivity contribution in [3.05, 3.63) is 35.4 Å². The first kappa shape index (κ1) is 15.4. The van der Waals surface area contributed by atoms with Gasteiger partial charge in [-0.05, 0) is 63.3 Å². The van der Waals surface area contributed by atoms with Gasteiger partial charge in [-0.3, -0.25) is 0 Å². The highest BCUT2D eigenvalue weighted by Gasteiger charge is 2.31. The summed E-state index contributed by atoms with van der Waals surface area (Å²) in [5, 5.41) is 3.25. The predicted molar refractivity (Wildman–Crippen MR) is 75.7 cm³/mol. The van der Waals surface area contributed by atoms with E-state index in [1.165, 1.54) is 12.1 Å². The fourth-order valence-electron chi connectivity index (χ4n) is 2.96. The number of halogens is 2. The average Bonchev–Trinajstić information content (AvgIpc) is 2.33.